The Morgan fingerprint density at radius 1 is 1.12 bits per heavy atom. The van der Waals surface area contributed by atoms with Gasteiger partial charge in [0.25, 0.3) is 5.56 Å². The Bertz CT molecular complexity index is 1420. The molecule has 8 nitrogen and oxygen atoms in total. The van der Waals surface area contributed by atoms with Crippen molar-refractivity contribution in [3.63, 3.8) is 0 Å². The molecule has 1 aliphatic rings. The van der Waals surface area contributed by atoms with Gasteiger partial charge in [-0.15, -0.1) is 10.2 Å². The molecule has 0 fully saturated rings. The Balaban J connectivity index is 1.40. The largest absolute Gasteiger partial charge is 0.324 e. The summed E-state index contributed by atoms with van der Waals surface area (Å²) >= 11 is 0. The van der Waals surface area contributed by atoms with Crippen molar-refractivity contribution in [1.82, 2.24) is 24.3 Å². The Labute approximate surface area is 189 Å². The fourth-order valence-corrected chi connectivity index (χ4v) is 4.18. The fourth-order valence-electron chi connectivity index (χ4n) is 4.18. The van der Waals surface area contributed by atoms with E-state index in [0.717, 1.165) is 54.6 Å². The highest BCUT2D eigenvalue weighted by atomic mass is 19.1. The third kappa shape index (κ3) is 4.13. The van der Waals surface area contributed by atoms with E-state index in [1.54, 1.807) is 0 Å². The van der Waals surface area contributed by atoms with E-state index in [9.17, 15) is 14.0 Å². The van der Waals surface area contributed by atoms with Gasteiger partial charge in [-0.2, -0.15) is 0 Å². The van der Waals surface area contributed by atoms with E-state index in [2.05, 4.69) is 25.1 Å². The average Bonchev–Trinajstić information content (AvgIpc) is 3.05. The van der Waals surface area contributed by atoms with Crippen LogP contribution in [0.4, 0.5) is 10.1 Å². The molecular weight excluding hydrogens is 423 g/mol. The van der Waals surface area contributed by atoms with Gasteiger partial charge in [-0.1, -0.05) is 18.6 Å². The van der Waals surface area contributed by atoms with Crippen LogP contribution in [0.15, 0.2) is 47.5 Å². The number of amides is 1. The second kappa shape index (κ2) is 8.57. The highest BCUT2D eigenvalue weighted by Gasteiger charge is 2.17. The van der Waals surface area contributed by atoms with Gasteiger partial charge in [-0.25, -0.2) is 9.37 Å². The minimum Gasteiger partial charge on any atom is -0.324 e. The minimum atomic E-state index is -0.526. The molecule has 0 radical (unpaired) electrons. The number of aryl methyl sites for hydroxylation is 2. The number of hydrogen-bond donors (Lipinski definition) is 1. The predicted molar refractivity (Wildman–Crippen MR) is 122 cm³/mol. The summed E-state index contributed by atoms with van der Waals surface area (Å²) in [4.78, 5) is 29.6. The molecule has 1 N–H and O–H groups in total. The van der Waals surface area contributed by atoms with Crippen molar-refractivity contribution in [3.05, 3.63) is 70.3 Å². The highest BCUT2D eigenvalue weighted by Crippen LogP contribution is 2.27. The molecule has 4 aromatic rings. The Morgan fingerprint density at radius 2 is 2.00 bits per heavy atom. The van der Waals surface area contributed by atoms with Gasteiger partial charge in [-0.05, 0) is 49.6 Å². The van der Waals surface area contributed by atoms with Gasteiger partial charge in [0, 0.05) is 24.2 Å². The maximum atomic E-state index is 13.6. The zero-order valence-corrected chi connectivity index (χ0v) is 18.2. The number of carbonyl (C=O) groups excluding carboxylic acids is 1. The van der Waals surface area contributed by atoms with E-state index in [4.69, 9.17) is 0 Å². The molecule has 168 valence electrons. The molecule has 2 aromatic carbocycles. The number of aromatic nitrogens is 5. The lowest BCUT2D eigenvalue weighted by atomic mass is 10.1. The summed E-state index contributed by atoms with van der Waals surface area (Å²) in [6.07, 6.45) is 5.60. The third-order valence-corrected chi connectivity index (χ3v) is 5.98. The summed E-state index contributed by atoms with van der Waals surface area (Å²) in [5.74, 6) is 0.880. The van der Waals surface area contributed by atoms with Crippen LogP contribution < -0.4 is 10.9 Å². The maximum absolute atomic E-state index is 13.6. The first kappa shape index (κ1) is 21.0. The summed E-state index contributed by atoms with van der Waals surface area (Å²) in [6, 6.07) is 9.60. The Kier molecular flexibility index (Phi) is 5.45. The Morgan fingerprint density at radius 3 is 2.88 bits per heavy atom. The van der Waals surface area contributed by atoms with Crippen LogP contribution >= 0.6 is 0 Å². The molecule has 1 aliphatic heterocycles. The molecule has 2 aromatic heterocycles. The first-order valence-corrected chi connectivity index (χ1v) is 11.0. The normalized spacial score (nSPS) is 13.5. The number of fused-ring (bicyclic) bond motifs is 2. The molecule has 0 unspecified atom stereocenters. The molecular formula is C24H23FN6O2. The van der Waals surface area contributed by atoms with E-state index >= 15 is 0 Å². The number of benzene rings is 2. The van der Waals surface area contributed by atoms with Gasteiger partial charge in [-0.3, -0.25) is 14.2 Å². The van der Waals surface area contributed by atoms with Gasteiger partial charge >= 0.3 is 0 Å². The van der Waals surface area contributed by atoms with Crippen molar-refractivity contribution in [2.75, 3.05) is 5.32 Å². The van der Waals surface area contributed by atoms with Crippen molar-refractivity contribution in [2.45, 2.75) is 45.7 Å². The lowest BCUT2D eigenvalue weighted by Gasteiger charge is -2.12. The molecule has 5 rings (SSSR count). The summed E-state index contributed by atoms with van der Waals surface area (Å²) in [5.41, 5.74) is 2.31. The minimum absolute atomic E-state index is 0.135. The molecule has 0 saturated heterocycles. The standard InChI is InChI=1S/C24H23FN6O2/c1-15-6-7-16(23-29-28-21-5-3-2-4-10-31(21)23)11-20(15)27-22(32)13-30-14-26-19-9-8-17(25)12-18(19)24(30)33/h6-9,11-12,14H,2-5,10,13H2,1H3,(H,27,32). The summed E-state index contributed by atoms with van der Waals surface area (Å²) in [5, 5.41) is 11.8. The van der Waals surface area contributed by atoms with Crippen LogP contribution in [0.5, 0.6) is 0 Å². The van der Waals surface area contributed by atoms with Crippen molar-refractivity contribution in [3.8, 4) is 11.4 Å². The summed E-state index contributed by atoms with van der Waals surface area (Å²) in [6.45, 7) is 2.55. The van der Waals surface area contributed by atoms with Crippen LogP contribution in [0.25, 0.3) is 22.3 Å². The summed E-state index contributed by atoms with van der Waals surface area (Å²) in [7, 11) is 0. The third-order valence-electron chi connectivity index (χ3n) is 5.98. The monoisotopic (exact) mass is 446 g/mol. The zero-order valence-electron chi connectivity index (χ0n) is 18.2. The smallest absolute Gasteiger partial charge is 0.261 e. The van der Waals surface area contributed by atoms with Gasteiger partial charge in [0.2, 0.25) is 5.91 Å². The second-order valence-corrected chi connectivity index (χ2v) is 8.32. The SMILES string of the molecule is Cc1ccc(-c2nnc3n2CCCCC3)cc1NC(=O)Cn1cnc2ccc(F)cc2c1=O. The number of nitrogens with one attached hydrogen (secondary N) is 1. The van der Waals surface area contributed by atoms with Gasteiger partial charge in [0.05, 0.1) is 17.2 Å². The lowest BCUT2D eigenvalue weighted by molar-refractivity contribution is -0.116. The van der Waals surface area contributed by atoms with Crippen LogP contribution in [0, 0.1) is 12.7 Å². The van der Waals surface area contributed by atoms with Crippen molar-refractivity contribution in [1.29, 1.82) is 0 Å². The first-order chi connectivity index (χ1) is 16.0. The lowest BCUT2D eigenvalue weighted by Crippen LogP contribution is -2.28. The van der Waals surface area contributed by atoms with E-state index in [1.807, 2.05) is 25.1 Å². The number of rotatable bonds is 4. The van der Waals surface area contributed by atoms with Crippen molar-refractivity contribution in [2.24, 2.45) is 0 Å². The van der Waals surface area contributed by atoms with Crippen LogP contribution in [0.3, 0.4) is 0 Å². The van der Waals surface area contributed by atoms with E-state index in [1.165, 1.54) is 29.4 Å². The van der Waals surface area contributed by atoms with Gasteiger partial charge in [0.1, 0.15) is 18.2 Å². The number of nitrogens with zero attached hydrogens (tertiary/aromatic N) is 5. The molecule has 3 heterocycles. The fraction of sp³-hybridized carbons (Fsp3) is 0.292. The van der Waals surface area contributed by atoms with Crippen molar-refractivity contribution < 1.29 is 9.18 Å². The van der Waals surface area contributed by atoms with E-state index < -0.39 is 11.4 Å². The number of carbonyl (C=O) groups is 1. The zero-order chi connectivity index (χ0) is 22.9. The van der Waals surface area contributed by atoms with Gasteiger partial charge < -0.3 is 9.88 Å². The maximum Gasteiger partial charge on any atom is 0.261 e. The first-order valence-electron chi connectivity index (χ1n) is 11.0. The van der Waals surface area contributed by atoms with Crippen molar-refractivity contribution >= 4 is 22.5 Å². The quantitative estimate of drug-likeness (QED) is 0.518. The number of halogens is 1. The molecule has 9 heteroatoms. The Hall–Kier alpha value is -3.88. The molecule has 0 spiro atoms. The van der Waals surface area contributed by atoms with E-state index in [-0.39, 0.29) is 17.8 Å². The van der Waals surface area contributed by atoms with Gasteiger partial charge in [0.15, 0.2) is 5.82 Å². The van der Waals surface area contributed by atoms with Crippen LogP contribution in [0.1, 0.15) is 30.7 Å². The van der Waals surface area contributed by atoms with Crippen LogP contribution in [0.2, 0.25) is 0 Å². The average molecular weight is 446 g/mol. The molecule has 0 bridgehead atoms. The molecule has 0 atom stereocenters. The second-order valence-electron chi connectivity index (χ2n) is 8.32. The topological polar surface area (TPSA) is 94.7 Å². The molecule has 0 saturated carbocycles. The van der Waals surface area contributed by atoms with Crippen LogP contribution in [-0.4, -0.2) is 30.2 Å². The van der Waals surface area contributed by atoms with E-state index in [0.29, 0.717) is 11.2 Å². The molecule has 0 aliphatic carbocycles. The number of hydrogen-bond acceptors (Lipinski definition) is 5. The van der Waals surface area contributed by atoms with Crippen LogP contribution in [-0.2, 0) is 24.3 Å². The summed E-state index contributed by atoms with van der Waals surface area (Å²) < 4.78 is 16.9. The molecule has 1 amide bonds. The molecule has 33 heavy (non-hydrogen) atoms. The number of anilines is 1. The predicted octanol–water partition coefficient (Wildman–Crippen LogP) is 3.47. The highest BCUT2D eigenvalue weighted by molar-refractivity contribution is 5.92.